The number of hydrogen-bond donors (Lipinski definition) is 0. The lowest BCUT2D eigenvalue weighted by atomic mass is 9.73. The van der Waals surface area contributed by atoms with E-state index in [1.54, 1.807) is 11.0 Å². The number of ether oxygens (including phenoxy) is 1. The van der Waals surface area contributed by atoms with Gasteiger partial charge in [0.1, 0.15) is 11.9 Å². The number of hydrogen-bond acceptors (Lipinski definition) is 4. The van der Waals surface area contributed by atoms with E-state index in [0.29, 0.717) is 12.6 Å². The number of amides is 1. The second kappa shape index (κ2) is 6.13. The van der Waals surface area contributed by atoms with Crippen LogP contribution >= 0.6 is 15.9 Å². The minimum Gasteiger partial charge on any atom is -0.473 e. The summed E-state index contributed by atoms with van der Waals surface area (Å²) in [7, 11) is 0. The van der Waals surface area contributed by atoms with Gasteiger partial charge < -0.3 is 9.64 Å². The smallest absolute Gasteiger partial charge is 0.434 e. The van der Waals surface area contributed by atoms with Crippen LogP contribution in [0, 0.1) is 11.7 Å². The molecule has 29 heavy (non-hydrogen) atoms. The van der Waals surface area contributed by atoms with Crippen molar-refractivity contribution in [1.82, 2.24) is 14.9 Å². The maximum atomic E-state index is 13.8. The summed E-state index contributed by atoms with van der Waals surface area (Å²) in [5.74, 6) is -0.601. The number of carbonyl (C=O) groups is 1. The zero-order chi connectivity index (χ0) is 20.6. The number of halogens is 5. The molecule has 2 aliphatic carbocycles. The molecule has 3 aliphatic rings. The van der Waals surface area contributed by atoms with Crippen LogP contribution in [-0.4, -0.2) is 38.5 Å². The molecule has 10 heteroatoms. The predicted molar refractivity (Wildman–Crippen MR) is 95.6 cm³/mol. The molecule has 152 valence electrons. The molecular formula is C19H14BrF4N3O2. The highest BCUT2D eigenvalue weighted by Gasteiger charge is 2.79. The minimum absolute atomic E-state index is 0.0173. The number of nitrogens with zero attached hydrogens (tertiary/aromatic N) is 3. The van der Waals surface area contributed by atoms with Gasteiger partial charge in [-0.1, -0.05) is 6.07 Å². The fraction of sp³-hybridized carbons (Fsp3) is 0.421. The Hall–Kier alpha value is -2.23. The van der Waals surface area contributed by atoms with Gasteiger partial charge in [-0.3, -0.25) is 4.79 Å². The third-order valence-electron chi connectivity index (χ3n) is 6.26. The Balaban J connectivity index is 1.30. The fourth-order valence-electron chi connectivity index (χ4n) is 4.87. The van der Waals surface area contributed by atoms with E-state index in [2.05, 4.69) is 25.9 Å². The van der Waals surface area contributed by atoms with Crippen LogP contribution in [0.4, 0.5) is 17.6 Å². The van der Waals surface area contributed by atoms with Gasteiger partial charge in [-0.05, 0) is 40.9 Å². The SMILES string of the molecule is O=C(c1cccc(F)c1Br)N1C2CC(Oc3cnc(C(F)(F)F)cn3)C3CCC321. The summed E-state index contributed by atoms with van der Waals surface area (Å²) >= 11 is 3.14. The molecule has 4 unspecified atom stereocenters. The Morgan fingerprint density at radius 3 is 2.66 bits per heavy atom. The highest BCUT2D eigenvalue weighted by molar-refractivity contribution is 9.10. The Morgan fingerprint density at radius 2 is 2.07 bits per heavy atom. The summed E-state index contributed by atoms with van der Waals surface area (Å²) < 4.78 is 57.6. The highest BCUT2D eigenvalue weighted by atomic mass is 79.9. The minimum atomic E-state index is -4.55. The zero-order valence-electron chi connectivity index (χ0n) is 14.8. The molecule has 5 nitrogen and oxygen atoms in total. The predicted octanol–water partition coefficient (Wildman–Crippen LogP) is 4.22. The summed E-state index contributed by atoms with van der Waals surface area (Å²) in [5.41, 5.74) is -1.09. The van der Waals surface area contributed by atoms with Crippen LogP contribution < -0.4 is 4.74 Å². The fourth-order valence-corrected chi connectivity index (χ4v) is 5.30. The van der Waals surface area contributed by atoms with Gasteiger partial charge in [0.05, 0.1) is 34.0 Å². The number of piperidine rings is 1. The average molecular weight is 472 g/mol. The highest BCUT2D eigenvalue weighted by Crippen LogP contribution is 2.67. The molecule has 2 saturated carbocycles. The van der Waals surface area contributed by atoms with Crippen molar-refractivity contribution in [2.24, 2.45) is 5.92 Å². The van der Waals surface area contributed by atoms with Crippen molar-refractivity contribution in [1.29, 1.82) is 0 Å². The van der Waals surface area contributed by atoms with Crippen molar-refractivity contribution in [2.45, 2.75) is 43.1 Å². The zero-order valence-corrected chi connectivity index (χ0v) is 16.4. The van der Waals surface area contributed by atoms with Gasteiger partial charge in [-0.15, -0.1) is 0 Å². The molecule has 2 heterocycles. The number of likely N-dealkylation sites (tertiary alicyclic amines) is 1. The van der Waals surface area contributed by atoms with Gasteiger partial charge in [0.2, 0.25) is 5.88 Å². The molecule has 1 aromatic heterocycles. The molecule has 2 aromatic rings. The molecule has 4 atom stereocenters. The van der Waals surface area contributed by atoms with E-state index in [1.807, 2.05) is 0 Å². The van der Waals surface area contributed by atoms with Crippen LogP contribution in [-0.2, 0) is 6.18 Å². The van der Waals surface area contributed by atoms with E-state index in [4.69, 9.17) is 4.74 Å². The first kappa shape index (κ1) is 18.8. The number of aromatic nitrogens is 2. The van der Waals surface area contributed by atoms with Crippen LogP contribution in [0.2, 0.25) is 0 Å². The molecule has 5 rings (SSSR count). The second-order valence-electron chi connectivity index (χ2n) is 7.56. The normalized spacial score (nSPS) is 29.7. The van der Waals surface area contributed by atoms with Crippen LogP contribution in [0.5, 0.6) is 5.88 Å². The van der Waals surface area contributed by atoms with Gasteiger partial charge in [0.15, 0.2) is 5.69 Å². The molecule has 0 N–H and O–H groups in total. The van der Waals surface area contributed by atoms with Crippen molar-refractivity contribution >= 4 is 21.8 Å². The van der Waals surface area contributed by atoms with E-state index in [1.165, 1.54) is 12.1 Å². The third-order valence-corrected chi connectivity index (χ3v) is 7.07. The number of rotatable bonds is 3. The number of benzene rings is 1. The molecule has 0 radical (unpaired) electrons. The average Bonchev–Trinajstić information content (AvgIpc) is 3.27. The van der Waals surface area contributed by atoms with E-state index >= 15 is 0 Å². The van der Waals surface area contributed by atoms with Crippen molar-refractivity contribution in [3.63, 3.8) is 0 Å². The van der Waals surface area contributed by atoms with E-state index < -0.39 is 17.7 Å². The van der Waals surface area contributed by atoms with Crippen molar-refractivity contribution in [3.05, 3.63) is 52.1 Å². The van der Waals surface area contributed by atoms with E-state index in [9.17, 15) is 22.4 Å². The Morgan fingerprint density at radius 1 is 1.28 bits per heavy atom. The summed E-state index contributed by atoms with van der Waals surface area (Å²) in [6.45, 7) is 0. The summed E-state index contributed by atoms with van der Waals surface area (Å²) in [4.78, 5) is 21.8. The summed E-state index contributed by atoms with van der Waals surface area (Å²) in [6.07, 6.45) is -0.914. The molecule has 1 amide bonds. The molecule has 1 spiro atoms. The number of carbonyl (C=O) groups excluding carboxylic acids is 1. The van der Waals surface area contributed by atoms with E-state index in [0.717, 1.165) is 19.0 Å². The number of alkyl halides is 3. The van der Waals surface area contributed by atoms with Crippen LogP contribution in [0.15, 0.2) is 35.1 Å². The molecule has 1 aliphatic heterocycles. The summed E-state index contributed by atoms with van der Waals surface area (Å²) in [6, 6.07) is 4.34. The van der Waals surface area contributed by atoms with Crippen molar-refractivity contribution < 1.29 is 27.1 Å². The first-order valence-corrected chi connectivity index (χ1v) is 9.86. The van der Waals surface area contributed by atoms with Crippen LogP contribution in [0.1, 0.15) is 35.3 Å². The maximum absolute atomic E-state index is 13.8. The quantitative estimate of drug-likeness (QED) is 0.496. The maximum Gasteiger partial charge on any atom is 0.434 e. The van der Waals surface area contributed by atoms with Gasteiger partial charge in [-0.2, -0.15) is 13.2 Å². The lowest BCUT2D eigenvalue weighted by Crippen LogP contribution is -2.46. The molecule has 3 fully saturated rings. The van der Waals surface area contributed by atoms with Gasteiger partial charge in [0, 0.05) is 12.3 Å². The summed E-state index contributed by atoms with van der Waals surface area (Å²) in [5, 5.41) is 0. The second-order valence-corrected chi connectivity index (χ2v) is 8.35. The molecule has 1 saturated heterocycles. The topological polar surface area (TPSA) is 55.1 Å². The van der Waals surface area contributed by atoms with Crippen LogP contribution in [0.3, 0.4) is 0 Å². The van der Waals surface area contributed by atoms with Crippen LogP contribution in [0.25, 0.3) is 0 Å². The van der Waals surface area contributed by atoms with E-state index in [-0.39, 0.29) is 45.4 Å². The Labute approximate surface area is 171 Å². The van der Waals surface area contributed by atoms with Crippen molar-refractivity contribution in [2.75, 3.05) is 0 Å². The Bertz CT molecular complexity index is 1000. The van der Waals surface area contributed by atoms with Crippen molar-refractivity contribution in [3.8, 4) is 5.88 Å². The Kier molecular flexibility index (Phi) is 3.97. The van der Waals surface area contributed by atoms with Gasteiger partial charge in [0.25, 0.3) is 5.91 Å². The van der Waals surface area contributed by atoms with Gasteiger partial charge in [-0.25, -0.2) is 14.4 Å². The molecular weight excluding hydrogens is 458 g/mol. The third kappa shape index (κ3) is 2.68. The first-order valence-electron chi connectivity index (χ1n) is 9.07. The first-order chi connectivity index (χ1) is 13.7. The van der Waals surface area contributed by atoms with Gasteiger partial charge >= 0.3 is 6.18 Å². The standard InChI is InChI=1S/C19H14BrF4N3O2/c20-16-9(2-1-3-11(16)21)17(28)27-14-6-12(10-4-5-18(10,14)27)29-15-8-25-13(7-26-15)19(22,23)24/h1-3,7-8,10,12,14H,4-6H2. The largest absolute Gasteiger partial charge is 0.473 e. The lowest BCUT2D eigenvalue weighted by Gasteiger charge is -2.39. The molecule has 0 bridgehead atoms. The monoisotopic (exact) mass is 471 g/mol. The molecule has 1 aromatic carbocycles. The lowest BCUT2D eigenvalue weighted by molar-refractivity contribution is -0.141.